The first-order chi connectivity index (χ1) is 13.0. The highest BCUT2D eigenvalue weighted by atomic mass is 79.9. The molecule has 0 bridgehead atoms. The van der Waals surface area contributed by atoms with Crippen molar-refractivity contribution in [3.05, 3.63) is 59.6 Å². The average Bonchev–Trinajstić information content (AvgIpc) is 3.30. The Morgan fingerprint density at radius 1 is 1.15 bits per heavy atom. The molecule has 1 amide bonds. The number of aromatic nitrogens is 5. The predicted molar refractivity (Wildman–Crippen MR) is 108 cm³/mol. The maximum atomic E-state index is 12.6. The van der Waals surface area contributed by atoms with Crippen LogP contribution in [0.1, 0.15) is 19.9 Å². The molecule has 0 saturated heterocycles. The van der Waals surface area contributed by atoms with Crippen LogP contribution in [-0.4, -0.2) is 30.3 Å². The lowest BCUT2D eigenvalue weighted by molar-refractivity contribution is 0.253. The van der Waals surface area contributed by atoms with Crippen molar-refractivity contribution in [3.8, 4) is 11.5 Å². The summed E-state index contributed by atoms with van der Waals surface area (Å²) in [7, 11) is 0. The number of anilines is 1. The molecule has 3 heterocycles. The normalized spacial score (nSPS) is 11.3. The number of hydrogen-bond donors (Lipinski definition) is 1. The first kappa shape index (κ1) is 17.4. The molecule has 0 unspecified atom stereocenters. The summed E-state index contributed by atoms with van der Waals surface area (Å²) in [5.41, 5.74) is 0.652. The second-order valence-electron chi connectivity index (χ2n) is 6.40. The summed E-state index contributed by atoms with van der Waals surface area (Å²) in [6, 6.07) is 11.2. The molecule has 4 rings (SSSR count). The maximum absolute atomic E-state index is 12.6. The van der Waals surface area contributed by atoms with Gasteiger partial charge in [0.05, 0.1) is 0 Å². The Kier molecular flexibility index (Phi) is 4.49. The number of benzene rings is 1. The molecule has 136 valence electrons. The van der Waals surface area contributed by atoms with Crippen molar-refractivity contribution in [2.75, 3.05) is 5.32 Å². The number of nitrogens with zero attached hydrogens (tertiary/aromatic N) is 5. The SMILES string of the molecule is CC(C)n1cnnc1-c1cccc(NC(=O)n2cc3cccc(Br)c3c2)n1. The number of pyridine rings is 1. The van der Waals surface area contributed by atoms with E-state index in [1.165, 1.54) is 4.57 Å². The van der Waals surface area contributed by atoms with Crippen LogP contribution >= 0.6 is 15.9 Å². The molecule has 0 fully saturated rings. The summed E-state index contributed by atoms with van der Waals surface area (Å²) in [6.45, 7) is 4.10. The van der Waals surface area contributed by atoms with Gasteiger partial charge in [-0.1, -0.05) is 34.1 Å². The van der Waals surface area contributed by atoms with Crippen molar-refractivity contribution in [2.24, 2.45) is 0 Å². The van der Waals surface area contributed by atoms with Crippen LogP contribution in [0.5, 0.6) is 0 Å². The Morgan fingerprint density at radius 3 is 2.74 bits per heavy atom. The van der Waals surface area contributed by atoms with Gasteiger partial charge in [-0.15, -0.1) is 10.2 Å². The quantitative estimate of drug-likeness (QED) is 0.515. The van der Waals surface area contributed by atoms with Crippen LogP contribution in [0.2, 0.25) is 0 Å². The molecule has 0 spiro atoms. The molecule has 0 aliphatic heterocycles. The van der Waals surface area contributed by atoms with Crippen LogP contribution in [0.3, 0.4) is 0 Å². The van der Waals surface area contributed by atoms with Gasteiger partial charge in [-0.25, -0.2) is 9.78 Å². The molecule has 0 atom stereocenters. The van der Waals surface area contributed by atoms with E-state index in [4.69, 9.17) is 0 Å². The van der Waals surface area contributed by atoms with Crippen molar-refractivity contribution < 1.29 is 4.79 Å². The van der Waals surface area contributed by atoms with Crippen LogP contribution in [0.25, 0.3) is 22.3 Å². The van der Waals surface area contributed by atoms with Gasteiger partial charge in [0.25, 0.3) is 0 Å². The minimum Gasteiger partial charge on any atom is -0.310 e. The summed E-state index contributed by atoms with van der Waals surface area (Å²) in [5, 5.41) is 12.9. The molecule has 0 aliphatic carbocycles. The van der Waals surface area contributed by atoms with E-state index in [2.05, 4.69) is 36.4 Å². The lowest BCUT2D eigenvalue weighted by atomic mass is 10.2. The van der Waals surface area contributed by atoms with E-state index in [1.807, 2.05) is 48.7 Å². The molecule has 27 heavy (non-hydrogen) atoms. The third-order valence-corrected chi connectivity index (χ3v) is 4.90. The lowest BCUT2D eigenvalue weighted by Crippen LogP contribution is -2.18. The fourth-order valence-corrected chi connectivity index (χ4v) is 3.34. The topological polar surface area (TPSA) is 77.6 Å². The minimum atomic E-state index is -0.284. The summed E-state index contributed by atoms with van der Waals surface area (Å²) < 4.78 is 4.39. The van der Waals surface area contributed by atoms with E-state index in [9.17, 15) is 4.79 Å². The predicted octanol–water partition coefficient (Wildman–Crippen LogP) is 4.72. The first-order valence-corrected chi connectivity index (χ1v) is 9.27. The van der Waals surface area contributed by atoms with E-state index >= 15 is 0 Å². The van der Waals surface area contributed by atoms with E-state index in [0.29, 0.717) is 17.3 Å². The van der Waals surface area contributed by atoms with E-state index in [-0.39, 0.29) is 12.1 Å². The third kappa shape index (κ3) is 3.35. The third-order valence-electron chi connectivity index (χ3n) is 4.21. The van der Waals surface area contributed by atoms with Gasteiger partial charge in [-0.2, -0.15) is 0 Å². The zero-order chi connectivity index (χ0) is 19.0. The Labute approximate surface area is 164 Å². The minimum absolute atomic E-state index is 0.209. The monoisotopic (exact) mass is 424 g/mol. The van der Waals surface area contributed by atoms with Crippen LogP contribution in [0, 0.1) is 0 Å². The zero-order valence-corrected chi connectivity index (χ0v) is 16.4. The number of carbonyl (C=O) groups is 1. The number of halogens is 1. The van der Waals surface area contributed by atoms with Crippen molar-refractivity contribution in [1.29, 1.82) is 0 Å². The van der Waals surface area contributed by atoms with Crippen LogP contribution < -0.4 is 5.32 Å². The highest BCUT2D eigenvalue weighted by Gasteiger charge is 2.13. The Hall–Kier alpha value is -3.00. The van der Waals surface area contributed by atoms with Gasteiger partial charge in [0.15, 0.2) is 5.82 Å². The highest BCUT2D eigenvalue weighted by molar-refractivity contribution is 9.10. The summed E-state index contributed by atoms with van der Waals surface area (Å²) in [5.74, 6) is 1.12. The van der Waals surface area contributed by atoms with Gasteiger partial charge in [0, 0.05) is 33.7 Å². The molecule has 1 aromatic carbocycles. The largest absolute Gasteiger partial charge is 0.331 e. The zero-order valence-electron chi connectivity index (χ0n) is 14.8. The van der Waals surface area contributed by atoms with Gasteiger partial charge in [-0.3, -0.25) is 9.88 Å². The molecule has 4 aromatic rings. The summed E-state index contributed by atoms with van der Waals surface area (Å²) in [4.78, 5) is 17.1. The standard InChI is InChI=1S/C19H17BrN6O/c1-12(2)26-11-21-24-18(26)16-7-4-8-17(22-16)23-19(27)25-9-13-5-3-6-15(20)14(13)10-25/h3-12H,1-2H3,(H,22,23,27). The molecule has 1 N–H and O–H groups in total. The molecule has 0 saturated carbocycles. The van der Waals surface area contributed by atoms with Gasteiger partial charge >= 0.3 is 6.03 Å². The van der Waals surface area contributed by atoms with Crippen LogP contribution in [-0.2, 0) is 0 Å². The van der Waals surface area contributed by atoms with Gasteiger partial charge in [-0.05, 0) is 32.0 Å². The van der Waals surface area contributed by atoms with E-state index < -0.39 is 0 Å². The number of nitrogens with one attached hydrogen (secondary N) is 1. The Morgan fingerprint density at radius 2 is 1.96 bits per heavy atom. The number of amides is 1. The molecular formula is C19H17BrN6O. The Bertz CT molecular complexity index is 1130. The molecule has 0 radical (unpaired) electrons. The fourth-order valence-electron chi connectivity index (χ4n) is 2.85. The Balaban J connectivity index is 1.61. The molecule has 3 aromatic heterocycles. The fraction of sp³-hybridized carbons (Fsp3) is 0.158. The number of carbonyl (C=O) groups excluding carboxylic acids is 1. The molecule has 0 aliphatic rings. The maximum Gasteiger partial charge on any atom is 0.331 e. The number of rotatable bonds is 3. The second-order valence-corrected chi connectivity index (χ2v) is 7.26. The average molecular weight is 425 g/mol. The number of hydrogen-bond acceptors (Lipinski definition) is 4. The van der Waals surface area contributed by atoms with Gasteiger partial charge < -0.3 is 4.57 Å². The lowest BCUT2D eigenvalue weighted by Gasteiger charge is -2.10. The summed E-state index contributed by atoms with van der Waals surface area (Å²) in [6.07, 6.45) is 5.25. The van der Waals surface area contributed by atoms with Crippen molar-refractivity contribution >= 4 is 38.6 Å². The molecule has 7 nitrogen and oxygen atoms in total. The highest BCUT2D eigenvalue weighted by Crippen LogP contribution is 2.25. The molecular weight excluding hydrogens is 408 g/mol. The van der Waals surface area contributed by atoms with Crippen molar-refractivity contribution in [2.45, 2.75) is 19.9 Å². The smallest absolute Gasteiger partial charge is 0.310 e. The van der Waals surface area contributed by atoms with Crippen molar-refractivity contribution in [1.82, 2.24) is 24.3 Å². The number of fused-ring (bicyclic) bond motifs is 1. The molecule has 8 heteroatoms. The van der Waals surface area contributed by atoms with Crippen molar-refractivity contribution in [3.63, 3.8) is 0 Å². The van der Waals surface area contributed by atoms with Crippen LogP contribution in [0.15, 0.2) is 59.6 Å². The van der Waals surface area contributed by atoms with Gasteiger partial charge in [0.1, 0.15) is 17.8 Å². The summed E-state index contributed by atoms with van der Waals surface area (Å²) >= 11 is 3.50. The van der Waals surface area contributed by atoms with Gasteiger partial charge in [0.2, 0.25) is 0 Å². The van der Waals surface area contributed by atoms with Crippen LogP contribution in [0.4, 0.5) is 10.6 Å². The van der Waals surface area contributed by atoms with E-state index in [1.54, 1.807) is 24.8 Å². The first-order valence-electron chi connectivity index (χ1n) is 8.47. The second kappa shape index (κ2) is 6.96. The van der Waals surface area contributed by atoms with E-state index in [0.717, 1.165) is 15.2 Å².